The third-order valence-electron chi connectivity index (χ3n) is 8.45. The smallest absolute Gasteiger partial charge is 0.0681 e. The molecule has 2 N–H and O–H groups in total. The van der Waals surface area contributed by atoms with E-state index in [2.05, 4.69) is 127 Å². The van der Waals surface area contributed by atoms with Crippen LogP contribution in [0.3, 0.4) is 0 Å². The Labute approximate surface area is 295 Å². The normalized spacial score (nSPS) is 11.6. The quantitative estimate of drug-likeness (QED) is 0.0956. The molecule has 0 heterocycles. The van der Waals surface area contributed by atoms with Crippen LogP contribution in [0.1, 0.15) is 33.4 Å². The summed E-state index contributed by atoms with van der Waals surface area (Å²) in [6, 6.07) is 49.8. The first kappa shape index (κ1) is 33.6. The van der Waals surface area contributed by atoms with E-state index in [0.29, 0.717) is 0 Å². The number of rotatable bonds is 11. The van der Waals surface area contributed by atoms with Gasteiger partial charge >= 0.3 is 0 Å². The zero-order valence-electron chi connectivity index (χ0n) is 27.7. The van der Waals surface area contributed by atoms with Crippen molar-refractivity contribution in [1.82, 2.24) is 0 Å². The Bertz CT molecular complexity index is 2020. The number of anilines is 6. The second kappa shape index (κ2) is 15.7. The Kier molecular flexibility index (Phi) is 10.8. The van der Waals surface area contributed by atoms with Crippen LogP contribution in [0, 0.1) is 13.8 Å². The first-order chi connectivity index (χ1) is 23.9. The number of hydrogen-bond acceptors (Lipinski definition) is 5. The van der Waals surface area contributed by atoms with Gasteiger partial charge in [-0.2, -0.15) is 0 Å². The largest absolute Gasteiger partial charge is 0.392 e. The molecule has 0 radical (unpaired) electrons. The molecule has 0 bridgehead atoms. The van der Waals surface area contributed by atoms with Gasteiger partial charge in [0.05, 0.1) is 13.2 Å². The lowest BCUT2D eigenvalue weighted by Gasteiger charge is -2.26. The van der Waals surface area contributed by atoms with Gasteiger partial charge < -0.3 is 20.0 Å². The van der Waals surface area contributed by atoms with Crippen molar-refractivity contribution in [3.63, 3.8) is 0 Å². The van der Waals surface area contributed by atoms with E-state index in [-0.39, 0.29) is 13.2 Å². The summed E-state index contributed by atoms with van der Waals surface area (Å²) in [6.07, 6.45) is 6.12. The topological polar surface area (TPSA) is 46.9 Å². The lowest BCUT2D eigenvalue weighted by Crippen LogP contribution is -2.10. The molecule has 0 aliphatic heterocycles. The van der Waals surface area contributed by atoms with Gasteiger partial charge in [0.1, 0.15) is 0 Å². The second-order valence-corrected chi connectivity index (χ2v) is 12.5. The molecule has 4 nitrogen and oxygen atoms in total. The average Bonchev–Trinajstić information content (AvgIpc) is 3.15. The maximum Gasteiger partial charge on any atom is 0.0681 e. The molecule has 0 saturated heterocycles. The highest BCUT2D eigenvalue weighted by Gasteiger charge is 2.14. The number of hydrogen-bond donors (Lipinski definition) is 3. The molecule has 0 spiro atoms. The number of benzene rings is 6. The molecule has 0 atom stereocenters. The van der Waals surface area contributed by atoms with E-state index in [1.165, 1.54) is 11.1 Å². The van der Waals surface area contributed by atoms with Crippen LogP contribution in [0.4, 0.5) is 34.1 Å². The molecule has 6 aromatic rings. The van der Waals surface area contributed by atoms with Gasteiger partial charge in [-0.05, 0) is 115 Å². The minimum Gasteiger partial charge on any atom is -0.392 e. The summed E-state index contributed by atoms with van der Waals surface area (Å²) in [5, 5.41) is 19.1. The minimum absolute atomic E-state index is 0.0184. The van der Waals surface area contributed by atoms with Gasteiger partial charge in [-0.15, -0.1) is 12.6 Å². The van der Waals surface area contributed by atoms with Crippen LogP contribution in [0.15, 0.2) is 158 Å². The van der Waals surface area contributed by atoms with Crippen LogP contribution in [0.25, 0.3) is 11.0 Å². The summed E-state index contributed by atoms with van der Waals surface area (Å²) in [5.41, 5.74) is 12.5. The number of thiol groups is 1. The molecular formula is C44H40N2O2S. The van der Waals surface area contributed by atoms with Gasteiger partial charge in [0.15, 0.2) is 0 Å². The number of allylic oxidation sites excluding steroid dienone is 2. The van der Waals surface area contributed by atoms with E-state index in [4.69, 9.17) is 12.6 Å². The molecule has 49 heavy (non-hydrogen) atoms. The van der Waals surface area contributed by atoms with Crippen LogP contribution in [0.2, 0.25) is 0 Å². The molecule has 0 aromatic heterocycles. The molecule has 0 saturated carbocycles. The third-order valence-corrected chi connectivity index (χ3v) is 8.86. The predicted molar refractivity (Wildman–Crippen MR) is 210 cm³/mol. The number of aliphatic hydroxyl groups is 2. The Morgan fingerprint density at radius 2 is 0.816 bits per heavy atom. The lowest BCUT2D eigenvalue weighted by molar-refractivity contribution is 0.281. The molecule has 244 valence electrons. The maximum absolute atomic E-state index is 9.53. The fraction of sp³-hybridized carbons (Fsp3) is 0.0909. The van der Waals surface area contributed by atoms with Crippen molar-refractivity contribution < 1.29 is 10.2 Å². The molecule has 6 rings (SSSR count). The van der Waals surface area contributed by atoms with Crippen molar-refractivity contribution in [2.75, 3.05) is 9.80 Å². The van der Waals surface area contributed by atoms with Crippen molar-refractivity contribution in [3.8, 4) is 0 Å². The van der Waals surface area contributed by atoms with Crippen LogP contribution in [0.5, 0.6) is 0 Å². The Morgan fingerprint density at radius 3 is 1.18 bits per heavy atom. The molecule has 0 fully saturated rings. The summed E-state index contributed by atoms with van der Waals surface area (Å²) in [6.45, 7) is 4.22. The van der Waals surface area contributed by atoms with Crippen LogP contribution in [-0.2, 0) is 13.2 Å². The van der Waals surface area contributed by atoms with Crippen LogP contribution < -0.4 is 9.80 Å². The van der Waals surface area contributed by atoms with E-state index in [9.17, 15) is 10.2 Å². The molecular weight excluding hydrogens is 621 g/mol. The first-order valence-corrected chi connectivity index (χ1v) is 16.8. The van der Waals surface area contributed by atoms with Crippen molar-refractivity contribution in [3.05, 3.63) is 191 Å². The summed E-state index contributed by atoms with van der Waals surface area (Å²) in [7, 11) is 0. The van der Waals surface area contributed by atoms with E-state index in [1.807, 2.05) is 60.7 Å². The van der Waals surface area contributed by atoms with Gasteiger partial charge in [-0.1, -0.05) is 96.1 Å². The summed E-state index contributed by atoms with van der Waals surface area (Å²) in [5.74, 6) is 0. The Hall–Kier alpha value is -5.33. The number of nitrogens with zero attached hydrogens (tertiary/aromatic N) is 2. The van der Waals surface area contributed by atoms with Gasteiger partial charge in [-0.25, -0.2) is 0 Å². The molecule has 0 unspecified atom stereocenters. The Balaban J connectivity index is 1.19. The lowest BCUT2D eigenvalue weighted by atomic mass is 10.1. The van der Waals surface area contributed by atoms with Gasteiger partial charge in [0, 0.05) is 39.0 Å². The fourth-order valence-electron chi connectivity index (χ4n) is 5.65. The average molecular weight is 661 g/mol. The second-order valence-electron chi connectivity index (χ2n) is 12.0. The minimum atomic E-state index is 0.0184. The van der Waals surface area contributed by atoms with Crippen molar-refractivity contribution in [2.24, 2.45) is 0 Å². The highest BCUT2D eigenvalue weighted by molar-refractivity contribution is 7.90. The summed E-state index contributed by atoms with van der Waals surface area (Å²) in [4.78, 5) is 5.29. The third kappa shape index (κ3) is 8.22. The summed E-state index contributed by atoms with van der Waals surface area (Å²) < 4.78 is 0. The molecule has 5 heteroatoms. The van der Waals surface area contributed by atoms with Gasteiger partial charge in [-0.3, -0.25) is 0 Å². The SMILES string of the molecule is Cc1ccc(N(c2ccc(/C=C/C=C(\S)c3ccc(N(c4ccc(C)cc4)c4ccc(CO)cc4)cc3)cc2)c2ccc(CO)cc2)cc1. The molecule has 6 aromatic carbocycles. The molecule has 0 amide bonds. The Morgan fingerprint density at radius 1 is 0.490 bits per heavy atom. The first-order valence-electron chi connectivity index (χ1n) is 16.3. The number of aryl methyl sites for hydroxylation is 2. The predicted octanol–water partition coefficient (Wildman–Crippen LogP) is 11.2. The van der Waals surface area contributed by atoms with Crippen LogP contribution >= 0.6 is 12.6 Å². The molecule has 0 aliphatic carbocycles. The number of aliphatic hydroxyl groups excluding tert-OH is 2. The van der Waals surface area contributed by atoms with E-state index < -0.39 is 0 Å². The van der Waals surface area contributed by atoms with Crippen LogP contribution in [-0.4, -0.2) is 10.2 Å². The van der Waals surface area contributed by atoms with Gasteiger partial charge in [0.25, 0.3) is 0 Å². The molecule has 0 aliphatic rings. The van der Waals surface area contributed by atoms with Crippen molar-refractivity contribution in [2.45, 2.75) is 27.1 Å². The van der Waals surface area contributed by atoms with Crippen molar-refractivity contribution >= 4 is 57.7 Å². The van der Waals surface area contributed by atoms with E-state index in [1.54, 1.807) is 0 Å². The fourth-order valence-corrected chi connectivity index (χ4v) is 5.88. The summed E-state index contributed by atoms with van der Waals surface area (Å²) >= 11 is 4.82. The monoisotopic (exact) mass is 660 g/mol. The standard InChI is InChI=1S/C44H40N2O2S/c1-32-6-18-38(19-7-32)45(41-24-12-35(30-47)13-25-41)40-22-10-34(11-23-40)4-3-5-44(49)37-16-28-43(29-17-37)46(39-20-8-33(2)9-21-39)42-26-14-36(31-48)15-27-42/h3-29,47-49H,30-31H2,1-2H3/b4-3+,44-5-. The highest BCUT2D eigenvalue weighted by atomic mass is 32.1. The zero-order chi connectivity index (χ0) is 34.2. The van der Waals surface area contributed by atoms with E-state index in [0.717, 1.165) is 61.3 Å². The maximum atomic E-state index is 9.53. The van der Waals surface area contributed by atoms with Crippen molar-refractivity contribution in [1.29, 1.82) is 0 Å². The zero-order valence-corrected chi connectivity index (χ0v) is 28.6. The van der Waals surface area contributed by atoms with E-state index >= 15 is 0 Å². The highest BCUT2D eigenvalue weighted by Crippen LogP contribution is 2.37. The van der Waals surface area contributed by atoms with Gasteiger partial charge in [0.2, 0.25) is 0 Å².